The lowest BCUT2D eigenvalue weighted by molar-refractivity contribution is -0.139. The fourth-order valence-corrected chi connectivity index (χ4v) is 4.86. The molecule has 0 unspecified atom stereocenters. The lowest BCUT2D eigenvalue weighted by atomic mass is 9.96. The summed E-state index contributed by atoms with van der Waals surface area (Å²) in [6.45, 7) is 11.8. The molecule has 1 heterocycles. The van der Waals surface area contributed by atoms with Gasteiger partial charge in [-0.25, -0.2) is 4.99 Å². The monoisotopic (exact) mass is 424 g/mol. The molecule has 1 aromatic carbocycles. The summed E-state index contributed by atoms with van der Waals surface area (Å²) in [5, 5.41) is 0.906. The molecule has 0 N–H and O–H groups in total. The number of thioether (sulfide) groups is 2. The molecule has 0 spiro atoms. The van der Waals surface area contributed by atoms with Gasteiger partial charge in [0.15, 0.2) is 5.17 Å². The summed E-state index contributed by atoms with van der Waals surface area (Å²) >= 11 is 8.71. The molecule has 1 saturated heterocycles. The highest BCUT2D eigenvalue weighted by Gasteiger charge is 2.33. The minimum atomic E-state index is -0.239. The van der Waals surface area contributed by atoms with Crippen LogP contribution in [0, 0.1) is 5.41 Å². The molecule has 1 aliphatic rings. The van der Waals surface area contributed by atoms with E-state index in [0.29, 0.717) is 16.8 Å². The topological polar surface area (TPSA) is 41.9 Å². The van der Waals surface area contributed by atoms with Crippen LogP contribution in [0.25, 0.3) is 0 Å². The number of esters is 1. The number of thiocarbonyl (C=S) groups is 1. The molecular formula is C20H28N2O2S3. The molecule has 0 aromatic heterocycles. The van der Waals surface area contributed by atoms with Crippen LogP contribution in [0.5, 0.6) is 0 Å². The number of carbonyl (C=O) groups excluding carboxylic acids is 1. The first-order chi connectivity index (χ1) is 12.7. The Morgan fingerprint density at radius 1 is 1.41 bits per heavy atom. The number of para-hydroxylation sites is 1. The van der Waals surface area contributed by atoms with Crippen molar-refractivity contribution in [3.63, 3.8) is 0 Å². The molecule has 1 aliphatic heterocycles. The van der Waals surface area contributed by atoms with Crippen LogP contribution in [0.15, 0.2) is 29.3 Å². The minimum Gasteiger partial charge on any atom is -0.465 e. The van der Waals surface area contributed by atoms with E-state index >= 15 is 0 Å². The largest absolute Gasteiger partial charge is 0.465 e. The Bertz CT molecular complexity index is 717. The Hall–Kier alpha value is -1.05. The van der Waals surface area contributed by atoms with E-state index in [9.17, 15) is 4.79 Å². The van der Waals surface area contributed by atoms with Crippen LogP contribution in [0.4, 0.5) is 5.69 Å². The minimum absolute atomic E-state index is 0.121. The summed E-state index contributed by atoms with van der Waals surface area (Å²) in [7, 11) is 0. The van der Waals surface area contributed by atoms with E-state index < -0.39 is 0 Å². The molecule has 7 heteroatoms. The summed E-state index contributed by atoms with van der Waals surface area (Å²) in [5.74, 6) is 1.37. The molecule has 148 valence electrons. The predicted octanol–water partition coefficient (Wildman–Crippen LogP) is 5.45. The molecule has 0 radical (unpaired) electrons. The van der Waals surface area contributed by atoms with E-state index in [1.54, 1.807) is 11.8 Å². The molecule has 0 amide bonds. The van der Waals surface area contributed by atoms with Crippen molar-refractivity contribution in [2.45, 2.75) is 40.5 Å². The second-order valence-electron chi connectivity index (χ2n) is 7.51. The third-order valence-electron chi connectivity index (χ3n) is 4.02. The standard InChI is InChI=1S/C20H28N2O2S3/c1-6-24-17(23)11-26-19(25)22-12-20(4,5)13-27-18(22)21-16-10-8-7-9-15(16)14(2)3/h7-10,14H,6,11-13H2,1-5H3. The van der Waals surface area contributed by atoms with Crippen LogP contribution in [0.2, 0.25) is 0 Å². The van der Waals surface area contributed by atoms with E-state index in [4.69, 9.17) is 21.9 Å². The first-order valence-corrected chi connectivity index (χ1v) is 11.5. The van der Waals surface area contributed by atoms with Gasteiger partial charge in [-0.15, -0.1) is 0 Å². The number of aliphatic imine (C=N–C) groups is 1. The third-order valence-corrected chi connectivity index (χ3v) is 6.94. The van der Waals surface area contributed by atoms with E-state index in [1.807, 2.05) is 19.1 Å². The molecule has 1 fully saturated rings. The summed E-state index contributed by atoms with van der Waals surface area (Å²) in [5.41, 5.74) is 2.33. The van der Waals surface area contributed by atoms with Crippen molar-refractivity contribution in [2.75, 3.05) is 24.7 Å². The fraction of sp³-hybridized carbons (Fsp3) is 0.550. The Kier molecular flexibility index (Phi) is 8.19. The quantitative estimate of drug-likeness (QED) is 0.462. The third kappa shape index (κ3) is 6.50. The highest BCUT2D eigenvalue weighted by atomic mass is 32.2. The van der Waals surface area contributed by atoms with Gasteiger partial charge < -0.3 is 9.64 Å². The number of nitrogens with zero attached hydrogens (tertiary/aromatic N) is 2. The SMILES string of the molecule is CCOC(=O)CSC(=S)N1CC(C)(C)CSC1=Nc1ccccc1C(C)C. The normalized spacial score (nSPS) is 18.0. The van der Waals surface area contributed by atoms with Crippen molar-refractivity contribution < 1.29 is 9.53 Å². The molecule has 0 saturated carbocycles. The summed E-state index contributed by atoms with van der Waals surface area (Å²) < 4.78 is 5.68. The molecule has 27 heavy (non-hydrogen) atoms. The zero-order chi connectivity index (χ0) is 20.0. The molecule has 0 atom stereocenters. The van der Waals surface area contributed by atoms with Crippen molar-refractivity contribution in [3.8, 4) is 0 Å². The zero-order valence-corrected chi connectivity index (χ0v) is 19.1. The number of hydrogen-bond donors (Lipinski definition) is 0. The second-order valence-corrected chi connectivity index (χ2v) is 10.1. The number of rotatable bonds is 5. The number of carbonyl (C=O) groups is 1. The van der Waals surface area contributed by atoms with Crippen molar-refractivity contribution in [2.24, 2.45) is 10.4 Å². The van der Waals surface area contributed by atoms with Crippen molar-refractivity contribution in [3.05, 3.63) is 29.8 Å². The first kappa shape index (κ1) is 22.2. The summed E-state index contributed by atoms with van der Waals surface area (Å²) in [4.78, 5) is 18.7. The lowest BCUT2D eigenvalue weighted by Crippen LogP contribution is -2.45. The Balaban J connectivity index is 2.25. The van der Waals surface area contributed by atoms with Gasteiger partial charge in [-0.2, -0.15) is 0 Å². The number of ether oxygens (including phenoxy) is 1. The summed E-state index contributed by atoms with van der Waals surface area (Å²) in [6, 6.07) is 8.24. The molecule has 1 aromatic rings. The highest BCUT2D eigenvalue weighted by Crippen LogP contribution is 2.35. The van der Waals surface area contributed by atoms with Gasteiger partial charge >= 0.3 is 5.97 Å². The van der Waals surface area contributed by atoms with Gasteiger partial charge in [0.05, 0.1) is 18.0 Å². The van der Waals surface area contributed by atoms with E-state index in [2.05, 4.69) is 44.7 Å². The van der Waals surface area contributed by atoms with Crippen LogP contribution in [-0.2, 0) is 9.53 Å². The zero-order valence-electron chi connectivity index (χ0n) is 16.7. The average Bonchev–Trinajstić information content (AvgIpc) is 2.61. The smallest absolute Gasteiger partial charge is 0.316 e. The second kappa shape index (κ2) is 9.94. The number of amidine groups is 1. The molecule has 4 nitrogen and oxygen atoms in total. The number of benzene rings is 1. The van der Waals surface area contributed by atoms with Crippen LogP contribution >= 0.6 is 35.7 Å². The highest BCUT2D eigenvalue weighted by molar-refractivity contribution is 8.23. The maximum absolute atomic E-state index is 11.7. The molecule has 0 aliphatic carbocycles. The molecule has 2 rings (SSSR count). The van der Waals surface area contributed by atoms with Gasteiger partial charge in [-0.05, 0) is 29.9 Å². The van der Waals surface area contributed by atoms with Crippen LogP contribution in [0.3, 0.4) is 0 Å². The van der Waals surface area contributed by atoms with Gasteiger partial charge in [-0.3, -0.25) is 4.79 Å². The van der Waals surface area contributed by atoms with Crippen molar-refractivity contribution in [1.29, 1.82) is 0 Å². The van der Waals surface area contributed by atoms with Gasteiger partial charge in [-0.1, -0.05) is 81.6 Å². The Labute approximate surface area is 176 Å². The summed E-state index contributed by atoms with van der Waals surface area (Å²) in [6.07, 6.45) is 0. The van der Waals surface area contributed by atoms with Gasteiger partial charge in [0.1, 0.15) is 4.32 Å². The Morgan fingerprint density at radius 3 is 2.78 bits per heavy atom. The molecule has 0 bridgehead atoms. The van der Waals surface area contributed by atoms with Crippen LogP contribution in [-0.4, -0.2) is 45.0 Å². The lowest BCUT2D eigenvalue weighted by Gasteiger charge is -2.39. The van der Waals surface area contributed by atoms with Crippen LogP contribution < -0.4 is 0 Å². The maximum Gasteiger partial charge on any atom is 0.316 e. The van der Waals surface area contributed by atoms with E-state index in [0.717, 1.165) is 23.2 Å². The number of hydrogen-bond acceptors (Lipinski definition) is 6. The fourth-order valence-electron chi connectivity index (χ4n) is 2.70. The Morgan fingerprint density at radius 2 is 2.11 bits per heavy atom. The van der Waals surface area contributed by atoms with Gasteiger partial charge in [0.2, 0.25) is 0 Å². The average molecular weight is 425 g/mol. The maximum atomic E-state index is 11.7. The van der Waals surface area contributed by atoms with Gasteiger partial charge in [0.25, 0.3) is 0 Å². The van der Waals surface area contributed by atoms with E-state index in [-0.39, 0.29) is 17.1 Å². The van der Waals surface area contributed by atoms with E-state index in [1.165, 1.54) is 17.3 Å². The van der Waals surface area contributed by atoms with Gasteiger partial charge in [0, 0.05) is 12.3 Å². The van der Waals surface area contributed by atoms with Crippen LogP contribution in [0.1, 0.15) is 46.1 Å². The van der Waals surface area contributed by atoms with Crippen molar-refractivity contribution >= 4 is 56.9 Å². The first-order valence-electron chi connectivity index (χ1n) is 9.14. The predicted molar refractivity (Wildman–Crippen MR) is 122 cm³/mol. The molecular weight excluding hydrogens is 396 g/mol. The van der Waals surface area contributed by atoms with Crippen molar-refractivity contribution in [1.82, 2.24) is 4.90 Å².